The van der Waals surface area contributed by atoms with Crippen molar-refractivity contribution in [2.75, 3.05) is 11.9 Å². The van der Waals surface area contributed by atoms with Crippen molar-refractivity contribution in [1.82, 2.24) is 4.57 Å². The maximum absolute atomic E-state index is 13.0. The fraction of sp³-hybridized carbons (Fsp3) is 0.333. The molecule has 0 saturated carbocycles. The van der Waals surface area contributed by atoms with Gasteiger partial charge in [-0.2, -0.15) is 0 Å². The number of allylic oxidation sites excluding steroid dienone is 1. The monoisotopic (exact) mass is 437 g/mol. The summed E-state index contributed by atoms with van der Waals surface area (Å²) in [6, 6.07) is 15.2. The zero-order chi connectivity index (χ0) is 23.9. The second kappa shape index (κ2) is 14.7. The molecule has 3 rings (SSSR count). The lowest BCUT2D eigenvalue weighted by molar-refractivity contribution is -0.659. The van der Waals surface area contributed by atoms with Crippen molar-refractivity contribution in [3.05, 3.63) is 84.6 Å². The Bertz CT molecular complexity index is 967. The minimum absolute atomic E-state index is 0.260. The van der Waals surface area contributed by atoms with Crippen LogP contribution in [0.3, 0.4) is 0 Å². The number of nitrogens with one attached hydrogen (secondary N) is 1. The molecule has 5 heteroatoms. The maximum Gasteiger partial charge on any atom is 0.288 e. The number of para-hydroxylation sites is 1. The Labute approximate surface area is 193 Å². The van der Waals surface area contributed by atoms with Gasteiger partial charge in [-0.15, -0.1) is 0 Å². The van der Waals surface area contributed by atoms with Crippen LogP contribution in [0.5, 0.6) is 0 Å². The van der Waals surface area contributed by atoms with Crippen LogP contribution in [0.25, 0.3) is 11.4 Å². The van der Waals surface area contributed by atoms with Gasteiger partial charge in [-0.1, -0.05) is 58.0 Å². The van der Waals surface area contributed by atoms with Crippen molar-refractivity contribution < 1.29 is 8.96 Å². The van der Waals surface area contributed by atoms with E-state index in [0.717, 1.165) is 6.54 Å². The molecule has 0 aliphatic heterocycles. The van der Waals surface area contributed by atoms with E-state index in [1.54, 1.807) is 36.7 Å². The van der Waals surface area contributed by atoms with E-state index in [9.17, 15) is 4.39 Å². The Morgan fingerprint density at radius 3 is 2.34 bits per heavy atom. The normalized spacial score (nSPS) is 10.7. The van der Waals surface area contributed by atoms with Gasteiger partial charge in [-0.3, -0.25) is 4.99 Å². The third kappa shape index (κ3) is 8.14. The molecule has 3 aromatic rings. The fourth-order valence-electron chi connectivity index (χ4n) is 3.10. The first kappa shape index (κ1) is 26.8. The van der Waals surface area contributed by atoms with Gasteiger partial charge >= 0.3 is 0 Å². The summed E-state index contributed by atoms with van der Waals surface area (Å²) >= 11 is 0. The van der Waals surface area contributed by atoms with Crippen LogP contribution in [0.2, 0.25) is 0 Å². The van der Waals surface area contributed by atoms with E-state index in [2.05, 4.69) is 84.0 Å². The van der Waals surface area contributed by atoms with E-state index in [4.69, 9.17) is 0 Å². The summed E-state index contributed by atoms with van der Waals surface area (Å²) in [6.45, 7) is 11.2. The lowest BCUT2D eigenvalue weighted by Gasteiger charge is -2.10. The van der Waals surface area contributed by atoms with Crippen molar-refractivity contribution in [1.29, 1.82) is 0 Å². The van der Waals surface area contributed by atoms with Crippen LogP contribution < -0.4 is 9.88 Å². The SMILES string of the molecule is CC.CC(C)c1ccccc1-c1n(C)cc[n+]1C.CCN=C/C=C\Nc1ccccc1F. The van der Waals surface area contributed by atoms with Gasteiger partial charge in [-0.25, -0.2) is 13.5 Å². The molecule has 32 heavy (non-hydrogen) atoms. The van der Waals surface area contributed by atoms with E-state index in [1.165, 1.54) is 23.0 Å². The molecule has 1 aromatic heterocycles. The number of rotatable bonds is 6. The lowest BCUT2D eigenvalue weighted by Crippen LogP contribution is -2.29. The van der Waals surface area contributed by atoms with Gasteiger partial charge in [0.15, 0.2) is 0 Å². The minimum Gasteiger partial charge on any atom is -0.359 e. The third-order valence-electron chi connectivity index (χ3n) is 4.59. The summed E-state index contributed by atoms with van der Waals surface area (Å²) in [4.78, 5) is 3.98. The van der Waals surface area contributed by atoms with Crippen LogP contribution in [-0.4, -0.2) is 17.3 Å². The van der Waals surface area contributed by atoms with Gasteiger partial charge in [0.1, 0.15) is 18.2 Å². The standard InChI is InChI=1S/C14H19N2.C11H13FN2.C2H6/c1-11(2)12-7-5-6-8-13(12)14-15(3)9-10-16(14)4;1-2-13-8-5-9-14-11-7-4-3-6-10(11)12;1-2/h5-11H,1-4H3;3-9,14H,2H2,1H3;1-2H3/q+1;;/b;9-5-,13-8?;. The smallest absolute Gasteiger partial charge is 0.288 e. The van der Waals surface area contributed by atoms with Crippen LogP contribution in [0.15, 0.2) is 78.2 Å². The van der Waals surface area contributed by atoms with Crippen molar-refractivity contribution in [2.24, 2.45) is 19.1 Å². The van der Waals surface area contributed by atoms with Crippen molar-refractivity contribution >= 4 is 11.9 Å². The van der Waals surface area contributed by atoms with Crippen molar-refractivity contribution in [2.45, 2.75) is 40.5 Å². The van der Waals surface area contributed by atoms with Crippen LogP contribution in [-0.2, 0) is 14.1 Å². The van der Waals surface area contributed by atoms with E-state index in [0.29, 0.717) is 11.6 Å². The largest absolute Gasteiger partial charge is 0.359 e. The first-order valence-electron chi connectivity index (χ1n) is 11.2. The molecule has 1 N–H and O–H groups in total. The predicted octanol–water partition coefficient (Wildman–Crippen LogP) is 6.51. The number of hydrogen-bond acceptors (Lipinski definition) is 2. The van der Waals surface area contributed by atoms with Crippen LogP contribution in [0.4, 0.5) is 10.1 Å². The Morgan fingerprint density at radius 1 is 1.09 bits per heavy atom. The number of aliphatic imine (C=N–C) groups is 1. The molecule has 0 radical (unpaired) electrons. The van der Waals surface area contributed by atoms with E-state index >= 15 is 0 Å². The van der Waals surface area contributed by atoms with Gasteiger partial charge in [-0.05, 0) is 42.7 Å². The topological polar surface area (TPSA) is 33.2 Å². The van der Waals surface area contributed by atoms with Gasteiger partial charge in [0.05, 0.1) is 25.3 Å². The first-order chi connectivity index (χ1) is 15.5. The van der Waals surface area contributed by atoms with E-state index < -0.39 is 0 Å². The van der Waals surface area contributed by atoms with Gasteiger partial charge in [0.25, 0.3) is 5.82 Å². The van der Waals surface area contributed by atoms with Gasteiger partial charge in [0, 0.05) is 19.0 Å². The molecule has 172 valence electrons. The second-order valence-electron chi connectivity index (χ2n) is 7.22. The molecule has 0 atom stereocenters. The molecule has 2 aromatic carbocycles. The highest BCUT2D eigenvalue weighted by Gasteiger charge is 2.18. The predicted molar refractivity (Wildman–Crippen MR) is 136 cm³/mol. The average Bonchev–Trinajstić information content (AvgIpc) is 3.14. The Kier molecular flexibility index (Phi) is 12.4. The molecule has 4 nitrogen and oxygen atoms in total. The third-order valence-corrected chi connectivity index (χ3v) is 4.59. The van der Waals surface area contributed by atoms with Gasteiger partial charge in [0.2, 0.25) is 0 Å². The number of benzene rings is 2. The maximum atomic E-state index is 13.0. The number of nitrogens with zero attached hydrogens (tertiary/aromatic N) is 3. The first-order valence-corrected chi connectivity index (χ1v) is 11.2. The molecule has 1 heterocycles. The van der Waals surface area contributed by atoms with Gasteiger partial charge < -0.3 is 5.32 Å². The average molecular weight is 438 g/mol. The molecule has 0 fully saturated rings. The molecule has 0 aliphatic carbocycles. The lowest BCUT2D eigenvalue weighted by atomic mass is 9.97. The Hall–Kier alpha value is -3.21. The number of anilines is 1. The number of halogens is 1. The highest BCUT2D eigenvalue weighted by molar-refractivity contribution is 5.71. The Balaban J connectivity index is 0.000000300. The summed E-state index contributed by atoms with van der Waals surface area (Å²) in [5.41, 5.74) is 3.20. The van der Waals surface area contributed by atoms with Crippen LogP contribution >= 0.6 is 0 Å². The summed E-state index contributed by atoms with van der Waals surface area (Å²) in [7, 11) is 4.18. The molecular formula is C27H38FN4+. The highest BCUT2D eigenvalue weighted by Crippen LogP contribution is 2.26. The number of aryl methyl sites for hydroxylation is 2. The Morgan fingerprint density at radius 2 is 1.75 bits per heavy atom. The summed E-state index contributed by atoms with van der Waals surface area (Å²) in [5, 5.41) is 2.83. The van der Waals surface area contributed by atoms with Crippen LogP contribution in [0.1, 0.15) is 46.1 Å². The molecule has 0 bridgehead atoms. The second-order valence-corrected chi connectivity index (χ2v) is 7.22. The quantitative estimate of drug-likeness (QED) is 0.346. The zero-order valence-electron chi connectivity index (χ0n) is 20.5. The molecule has 0 unspecified atom stereocenters. The number of aromatic nitrogens is 2. The fourth-order valence-corrected chi connectivity index (χ4v) is 3.10. The van der Waals surface area contributed by atoms with Crippen LogP contribution in [0, 0.1) is 5.82 Å². The molecule has 0 amide bonds. The molecule has 0 aliphatic rings. The zero-order valence-corrected chi connectivity index (χ0v) is 20.5. The van der Waals surface area contributed by atoms with Crippen molar-refractivity contribution in [3.63, 3.8) is 0 Å². The molecular weight excluding hydrogens is 399 g/mol. The summed E-state index contributed by atoms with van der Waals surface area (Å²) in [6.07, 6.45) is 9.24. The molecule has 0 spiro atoms. The minimum atomic E-state index is -0.260. The molecule has 0 saturated heterocycles. The number of imidazole rings is 1. The highest BCUT2D eigenvalue weighted by atomic mass is 19.1. The van der Waals surface area contributed by atoms with E-state index in [-0.39, 0.29) is 5.82 Å². The van der Waals surface area contributed by atoms with Crippen molar-refractivity contribution in [3.8, 4) is 11.4 Å². The summed E-state index contributed by atoms with van der Waals surface area (Å²) in [5.74, 6) is 1.54. The number of hydrogen-bond donors (Lipinski definition) is 1. The van der Waals surface area contributed by atoms with E-state index in [1.807, 2.05) is 20.8 Å². The summed E-state index contributed by atoms with van der Waals surface area (Å²) < 4.78 is 17.4.